The molecule has 2 N–H and O–H groups in total. The predicted molar refractivity (Wildman–Crippen MR) is 91.6 cm³/mol. The fourth-order valence-electron chi connectivity index (χ4n) is 3.73. The van der Waals surface area contributed by atoms with Gasteiger partial charge in [-0.1, -0.05) is 12.8 Å². The fraction of sp³-hybridized carbons (Fsp3) is 0.944. The van der Waals surface area contributed by atoms with E-state index in [1.165, 1.54) is 12.8 Å². The molecule has 0 unspecified atom stereocenters. The van der Waals surface area contributed by atoms with Gasteiger partial charge in [0.05, 0.1) is 6.10 Å². The van der Waals surface area contributed by atoms with E-state index in [-0.39, 0.29) is 12.1 Å². The minimum absolute atomic E-state index is 0.179. The third-order valence-electron chi connectivity index (χ3n) is 4.93. The fourth-order valence-corrected chi connectivity index (χ4v) is 3.73. The zero-order valence-electron chi connectivity index (χ0n) is 15.2. The van der Waals surface area contributed by atoms with Crippen LogP contribution >= 0.6 is 0 Å². The van der Waals surface area contributed by atoms with Crippen molar-refractivity contribution in [2.75, 3.05) is 7.11 Å². The van der Waals surface area contributed by atoms with Crippen LogP contribution in [-0.2, 0) is 9.47 Å². The van der Waals surface area contributed by atoms with Crippen LogP contribution in [0.4, 0.5) is 4.79 Å². The lowest BCUT2D eigenvalue weighted by Crippen LogP contribution is -2.55. The highest BCUT2D eigenvalue weighted by molar-refractivity contribution is 5.68. The Morgan fingerprint density at radius 2 is 1.57 bits per heavy atom. The van der Waals surface area contributed by atoms with Gasteiger partial charge in [-0.25, -0.2) is 4.79 Å². The van der Waals surface area contributed by atoms with Crippen LogP contribution in [0.15, 0.2) is 0 Å². The summed E-state index contributed by atoms with van der Waals surface area (Å²) >= 11 is 0. The molecule has 0 spiro atoms. The summed E-state index contributed by atoms with van der Waals surface area (Å²) in [6.45, 7) is 5.70. The molecular weight excluding hydrogens is 292 g/mol. The molecule has 5 nitrogen and oxygen atoms in total. The van der Waals surface area contributed by atoms with Crippen LogP contribution in [0, 0.1) is 0 Å². The number of methoxy groups -OCH3 is 1. The highest BCUT2D eigenvalue weighted by Crippen LogP contribution is 2.25. The van der Waals surface area contributed by atoms with Crippen molar-refractivity contribution in [3.8, 4) is 0 Å². The first-order valence-corrected chi connectivity index (χ1v) is 9.16. The van der Waals surface area contributed by atoms with Crippen molar-refractivity contribution in [1.82, 2.24) is 10.6 Å². The maximum absolute atomic E-state index is 12.1. The third kappa shape index (κ3) is 6.30. The predicted octanol–water partition coefficient (Wildman–Crippen LogP) is 3.37. The van der Waals surface area contributed by atoms with Gasteiger partial charge < -0.3 is 20.1 Å². The SMILES string of the molecule is COC1CCC(N[C@@H]2CCCC[C@H]2NC(=O)OC(C)(C)C)CC1. The summed E-state index contributed by atoms with van der Waals surface area (Å²) in [6, 6.07) is 1.09. The summed E-state index contributed by atoms with van der Waals surface area (Å²) in [5, 5.41) is 6.88. The Bertz CT molecular complexity index is 373. The minimum Gasteiger partial charge on any atom is -0.444 e. The Balaban J connectivity index is 1.82. The van der Waals surface area contributed by atoms with E-state index in [9.17, 15) is 4.79 Å². The number of ether oxygens (including phenoxy) is 2. The first-order chi connectivity index (χ1) is 10.9. The second-order valence-corrected chi connectivity index (χ2v) is 8.02. The van der Waals surface area contributed by atoms with Gasteiger partial charge in [-0.2, -0.15) is 0 Å². The number of amides is 1. The molecule has 0 aromatic rings. The monoisotopic (exact) mass is 326 g/mol. The molecule has 2 saturated carbocycles. The van der Waals surface area contributed by atoms with Crippen molar-refractivity contribution >= 4 is 6.09 Å². The van der Waals surface area contributed by atoms with Gasteiger partial charge in [-0.3, -0.25) is 0 Å². The molecule has 5 heteroatoms. The molecule has 0 bridgehead atoms. The van der Waals surface area contributed by atoms with E-state index in [1.54, 1.807) is 7.11 Å². The highest BCUT2D eigenvalue weighted by Gasteiger charge is 2.31. The molecule has 2 atom stereocenters. The number of carbonyl (C=O) groups is 1. The summed E-state index contributed by atoms with van der Waals surface area (Å²) in [5.41, 5.74) is -0.444. The number of nitrogens with one attached hydrogen (secondary N) is 2. The van der Waals surface area contributed by atoms with Crippen LogP contribution in [0.2, 0.25) is 0 Å². The average Bonchev–Trinajstić information content (AvgIpc) is 2.48. The van der Waals surface area contributed by atoms with E-state index in [1.807, 2.05) is 20.8 Å². The summed E-state index contributed by atoms with van der Waals surface area (Å²) in [4.78, 5) is 12.1. The summed E-state index contributed by atoms with van der Waals surface area (Å²) < 4.78 is 10.9. The van der Waals surface area contributed by atoms with Crippen molar-refractivity contribution in [2.45, 2.75) is 102 Å². The summed E-state index contributed by atoms with van der Waals surface area (Å²) in [5.74, 6) is 0. The van der Waals surface area contributed by atoms with Gasteiger partial charge in [-0.15, -0.1) is 0 Å². The molecule has 0 aromatic carbocycles. The van der Waals surface area contributed by atoms with Crippen LogP contribution in [0.25, 0.3) is 0 Å². The Kier molecular flexibility index (Phi) is 6.72. The van der Waals surface area contributed by atoms with E-state index in [0.29, 0.717) is 18.2 Å². The van der Waals surface area contributed by atoms with E-state index < -0.39 is 5.60 Å². The molecule has 0 saturated heterocycles. The molecule has 2 aliphatic carbocycles. The van der Waals surface area contributed by atoms with Crippen molar-refractivity contribution in [1.29, 1.82) is 0 Å². The van der Waals surface area contributed by atoms with Crippen molar-refractivity contribution < 1.29 is 14.3 Å². The standard InChI is InChI=1S/C18H34N2O3/c1-18(2,3)23-17(21)20-16-8-6-5-7-15(16)19-13-9-11-14(22-4)12-10-13/h13-16,19H,5-12H2,1-4H3,(H,20,21)/t13?,14?,15-,16-/m1/s1. The number of hydrogen-bond acceptors (Lipinski definition) is 4. The van der Waals surface area contributed by atoms with Gasteiger partial charge in [-0.05, 0) is 59.3 Å². The lowest BCUT2D eigenvalue weighted by molar-refractivity contribution is 0.0460. The topological polar surface area (TPSA) is 59.6 Å². The van der Waals surface area contributed by atoms with Crippen LogP contribution in [0.1, 0.15) is 72.1 Å². The maximum Gasteiger partial charge on any atom is 0.407 e. The number of carbonyl (C=O) groups excluding carboxylic acids is 1. The number of hydrogen-bond donors (Lipinski definition) is 2. The van der Waals surface area contributed by atoms with Crippen LogP contribution in [-0.4, -0.2) is 43.0 Å². The quantitative estimate of drug-likeness (QED) is 0.831. The Labute approximate surface area is 140 Å². The van der Waals surface area contributed by atoms with Gasteiger partial charge in [0.25, 0.3) is 0 Å². The summed E-state index contributed by atoms with van der Waals surface area (Å²) in [7, 11) is 1.81. The highest BCUT2D eigenvalue weighted by atomic mass is 16.6. The molecular formula is C18H34N2O3. The lowest BCUT2D eigenvalue weighted by atomic mass is 9.87. The molecule has 2 aliphatic rings. The van der Waals surface area contributed by atoms with Crippen molar-refractivity contribution in [2.24, 2.45) is 0 Å². The number of alkyl carbamates (subject to hydrolysis) is 1. The molecule has 23 heavy (non-hydrogen) atoms. The second kappa shape index (κ2) is 8.34. The molecule has 134 valence electrons. The van der Waals surface area contributed by atoms with E-state index in [2.05, 4.69) is 10.6 Å². The zero-order valence-corrected chi connectivity index (χ0v) is 15.2. The largest absolute Gasteiger partial charge is 0.444 e. The molecule has 0 aromatic heterocycles. The number of rotatable bonds is 4. The molecule has 0 heterocycles. The Hall–Kier alpha value is -0.810. The van der Waals surface area contributed by atoms with Crippen LogP contribution < -0.4 is 10.6 Å². The second-order valence-electron chi connectivity index (χ2n) is 8.02. The van der Waals surface area contributed by atoms with Crippen LogP contribution in [0.3, 0.4) is 0 Å². The first kappa shape index (κ1) is 18.5. The van der Waals surface area contributed by atoms with Gasteiger partial charge in [0.2, 0.25) is 0 Å². The van der Waals surface area contributed by atoms with Gasteiger partial charge in [0.15, 0.2) is 0 Å². The third-order valence-corrected chi connectivity index (χ3v) is 4.93. The van der Waals surface area contributed by atoms with E-state index in [4.69, 9.17) is 9.47 Å². The summed E-state index contributed by atoms with van der Waals surface area (Å²) in [6.07, 6.45) is 9.29. The molecule has 0 aliphatic heterocycles. The first-order valence-electron chi connectivity index (χ1n) is 9.16. The van der Waals surface area contributed by atoms with Crippen molar-refractivity contribution in [3.63, 3.8) is 0 Å². The van der Waals surface area contributed by atoms with E-state index in [0.717, 1.165) is 38.5 Å². The smallest absolute Gasteiger partial charge is 0.407 e. The maximum atomic E-state index is 12.1. The van der Waals surface area contributed by atoms with E-state index >= 15 is 0 Å². The van der Waals surface area contributed by atoms with Gasteiger partial charge >= 0.3 is 6.09 Å². The van der Waals surface area contributed by atoms with Crippen molar-refractivity contribution in [3.05, 3.63) is 0 Å². The zero-order chi connectivity index (χ0) is 16.9. The van der Waals surface area contributed by atoms with Crippen LogP contribution in [0.5, 0.6) is 0 Å². The average molecular weight is 326 g/mol. The lowest BCUT2D eigenvalue weighted by Gasteiger charge is -2.38. The van der Waals surface area contributed by atoms with Gasteiger partial charge in [0, 0.05) is 25.2 Å². The molecule has 2 rings (SSSR count). The Morgan fingerprint density at radius 3 is 2.13 bits per heavy atom. The Morgan fingerprint density at radius 1 is 0.957 bits per heavy atom. The molecule has 2 fully saturated rings. The molecule has 0 radical (unpaired) electrons. The minimum atomic E-state index is -0.444. The molecule has 1 amide bonds. The normalized spacial score (nSPS) is 32.3. The van der Waals surface area contributed by atoms with Gasteiger partial charge in [0.1, 0.15) is 5.60 Å².